The number of rotatable bonds is 4. The van der Waals surface area contributed by atoms with Crippen molar-refractivity contribution >= 4 is 5.97 Å². The minimum Gasteiger partial charge on any atom is -0.480 e. The van der Waals surface area contributed by atoms with E-state index in [0.717, 1.165) is 25.3 Å². The second kappa shape index (κ2) is 4.49. The first-order valence-electron chi connectivity index (χ1n) is 7.37. The molecule has 4 heteroatoms. The zero-order chi connectivity index (χ0) is 12.8. The number of hydrogen-bond donors (Lipinski definition) is 2. The van der Waals surface area contributed by atoms with Crippen molar-refractivity contribution in [3.05, 3.63) is 0 Å². The van der Waals surface area contributed by atoms with Crippen LogP contribution in [0.3, 0.4) is 0 Å². The largest absolute Gasteiger partial charge is 0.480 e. The van der Waals surface area contributed by atoms with E-state index in [0.29, 0.717) is 12.6 Å². The topological polar surface area (TPSA) is 66.6 Å². The lowest BCUT2D eigenvalue weighted by Gasteiger charge is -2.41. The summed E-state index contributed by atoms with van der Waals surface area (Å²) >= 11 is 0. The average molecular weight is 252 g/mol. The van der Waals surface area contributed by atoms with E-state index < -0.39 is 11.5 Å². The van der Waals surface area contributed by atoms with Gasteiger partial charge in [0, 0.05) is 12.6 Å². The standard InChI is InChI=1S/C14H24N2O2/c15-14(13(17)18,11-6-7-11)9-16-8-2-4-10-3-1-5-12(10)16/h10-12H,1-9,15H2,(H,17,18). The first kappa shape index (κ1) is 12.4. The van der Waals surface area contributed by atoms with Crippen LogP contribution in [-0.4, -0.2) is 40.6 Å². The summed E-state index contributed by atoms with van der Waals surface area (Å²) < 4.78 is 0. The molecule has 3 rings (SSSR count). The third-order valence-electron chi connectivity index (χ3n) is 5.28. The fourth-order valence-corrected chi connectivity index (χ4v) is 4.06. The summed E-state index contributed by atoms with van der Waals surface area (Å²) in [5, 5.41) is 9.46. The van der Waals surface area contributed by atoms with Gasteiger partial charge in [0.15, 0.2) is 0 Å². The van der Waals surface area contributed by atoms with Crippen molar-refractivity contribution in [3.63, 3.8) is 0 Å². The molecule has 3 atom stereocenters. The van der Waals surface area contributed by atoms with Gasteiger partial charge in [-0.3, -0.25) is 9.69 Å². The van der Waals surface area contributed by atoms with Crippen LogP contribution in [0, 0.1) is 11.8 Å². The molecule has 0 aromatic heterocycles. The van der Waals surface area contributed by atoms with Crippen LogP contribution in [0.2, 0.25) is 0 Å². The summed E-state index contributed by atoms with van der Waals surface area (Å²) in [4.78, 5) is 13.9. The Morgan fingerprint density at radius 1 is 1.22 bits per heavy atom. The number of carboxylic acids is 1. The van der Waals surface area contributed by atoms with E-state index in [2.05, 4.69) is 4.90 Å². The molecule has 3 N–H and O–H groups in total. The van der Waals surface area contributed by atoms with E-state index in [4.69, 9.17) is 5.73 Å². The van der Waals surface area contributed by atoms with Crippen LogP contribution in [0.25, 0.3) is 0 Å². The van der Waals surface area contributed by atoms with Crippen molar-refractivity contribution in [1.82, 2.24) is 4.90 Å². The van der Waals surface area contributed by atoms with Crippen LogP contribution in [0.15, 0.2) is 0 Å². The van der Waals surface area contributed by atoms with Crippen molar-refractivity contribution in [1.29, 1.82) is 0 Å². The van der Waals surface area contributed by atoms with Crippen LogP contribution in [0.1, 0.15) is 44.9 Å². The fraction of sp³-hybridized carbons (Fsp3) is 0.929. The van der Waals surface area contributed by atoms with Gasteiger partial charge in [0.1, 0.15) is 5.54 Å². The maximum Gasteiger partial charge on any atom is 0.325 e. The molecule has 1 heterocycles. The monoisotopic (exact) mass is 252 g/mol. The van der Waals surface area contributed by atoms with Gasteiger partial charge in [-0.05, 0) is 56.9 Å². The Morgan fingerprint density at radius 3 is 2.61 bits per heavy atom. The number of carbonyl (C=O) groups is 1. The second-order valence-electron chi connectivity index (χ2n) is 6.49. The molecular weight excluding hydrogens is 228 g/mol. The molecule has 102 valence electrons. The number of nitrogens with two attached hydrogens (primary N) is 1. The normalized spacial score (nSPS) is 36.1. The molecule has 3 fully saturated rings. The highest BCUT2D eigenvalue weighted by atomic mass is 16.4. The van der Waals surface area contributed by atoms with Gasteiger partial charge in [0.05, 0.1) is 0 Å². The molecule has 1 aliphatic heterocycles. The molecule has 0 amide bonds. The quantitative estimate of drug-likeness (QED) is 0.794. The molecule has 0 aromatic rings. The van der Waals surface area contributed by atoms with Crippen LogP contribution < -0.4 is 5.73 Å². The molecule has 0 bridgehead atoms. The fourth-order valence-electron chi connectivity index (χ4n) is 4.06. The van der Waals surface area contributed by atoms with Gasteiger partial charge < -0.3 is 10.8 Å². The molecule has 4 nitrogen and oxygen atoms in total. The molecule has 0 spiro atoms. The summed E-state index contributed by atoms with van der Waals surface area (Å²) in [6.45, 7) is 1.61. The number of fused-ring (bicyclic) bond motifs is 1. The Bertz CT molecular complexity index is 343. The lowest BCUT2D eigenvalue weighted by atomic mass is 9.88. The van der Waals surface area contributed by atoms with Gasteiger partial charge in [-0.15, -0.1) is 0 Å². The lowest BCUT2D eigenvalue weighted by Crippen LogP contribution is -2.60. The number of nitrogens with zero attached hydrogens (tertiary/aromatic N) is 1. The molecule has 1 saturated heterocycles. The second-order valence-corrected chi connectivity index (χ2v) is 6.49. The van der Waals surface area contributed by atoms with Crippen molar-refractivity contribution < 1.29 is 9.90 Å². The Labute approximate surface area is 109 Å². The van der Waals surface area contributed by atoms with E-state index in [1.165, 1.54) is 32.1 Å². The average Bonchev–Trinajstić information content (AvgIpc) is 3.08. The minimum absolute atomic E-state index is 0.205. The summed E-state index contributed by atoms with van der Waals surface area (Å²) in [7, 11) is 0. The van der Waals surface area contributed by atoms with Crippen molar-refractivity contribution in [2.45, 2.75) is 56.5 Å². The van der Waals surface area contributed by atoms with Crippen molar-refractivity contribution in [3.8, 4) is 0 Å². The molecule has 3 aliphatic rings. The van der Waals surface area contributed by atoms with E-state index in [9.17, 15) is 9.90 Å². The van der Waals surface area contributed by atoms with Gasteiger partial charge in [-0.25, -0.2) is 0 Å². The van der Waals surface area contributed by atoms with Gasteiger partial charge >= 0.3 is 5.97 Å². The Morgan fingerprint density at radius 2 is 1.94 bits per heavy atom. The van der Waals surface area contributed by atoms with Crippen LogP contribution in [-0.2, 0) is 4.79 Å². The molecule has 3 unspecified atom stereocenters. The number of aliphatic carboxylic acids is 1. The summed E-state index contributed by atoms with van der Waals surface area (Å²) in [6, 6.07) is 0.611. The first-order valence-corrected chi connectivity index (χ1v) is 7.37. The highest BCUT2D eigenvalue weighted by Crippen LogP contribution is 2.42. The van der Waals surface area contributed by atoms with Gasteiger partial charge in [-0.1, -0.05) is 6.42 Å². The molecule has 0 radical (unpaired) electrons. The molecule has 2 aliphatic carbocycles. The summed E-state index contributed by atoms with van der Waals surface area (Å²) in [5.41, 5.74) is 5.22. The minimum atomic E-state index is -0.996. The highest BCUT2D eigenvalue weighted by molar-refractivity contribution is 5.79. The van der Waals surface area contributed by atoms with E-state index >= 15 is 0 Å². The van der Waals surface area contributed by atoms with E-state index in [-0.39, 0.29) is 5.92 Å². The molecule has 2 saturated carbocycles. The van der Waals surface area contributed by atoms with E-state index in [1.807, 2.05) is 0 Å². The van der Waals surface area contributed by atoms with Gasteiger partial charge in [0.25, 0.3) is 0 Å². The third kappa shape index (κ3) is 2.05. The maximum absolute atomic E-state index is 11.5. The SMILES string of the molecule is NC(CN1CCCC2CCCC21)(C(=O)O)C1CC1. The summed E-state index contributed by atoms with van der Waals surface area (Å²) in [5.74, 6) is 0.206. The zero-order valence-electron chi connectivity index (χ0n) is 11.0. The van der Waals surface area contributed by atoms with Crippen LogP contribution in [0.4, 0.5) is 0 Å². The Hall–Kier alpha value is -0.610. The third-order valence-corrected chi connectivity index (χ3v) is 5.28. The van der Waals surface area contributed by atoms with Gasteiger partial charge in [0.2, 0.25) is 0 Å². The lowest BCUT2D eigenvalue weighted by molar-refractivity contribution is -0.145. The summed E-state index contributed by atoms with van der Waals surface area (Å²) in [6.07, 6.45) is 8.40. The number of piperidine rings is 1. The molecular formula is C14H24N2O2. The molecule has 0 aromatic carbocycles. The van der Waals surface area contributed by atoms with Crippen molar-refractivity contribution in [2.24, 2.45) is 17.6 Å². The Balaban J connectivity index is 1.72. The zero-order valence-corrected chi connectivity index (χ0v) is 11.0. The van der Waals surface area contributed by atoms with Crippen molar-refractivity contribution in [2.75, 3.05) is 13.1 Å². The predicted molar refractivity (Wildman–Crippen MR) is 69.2 cm³/mol. The van der Waals surface area contributed by atoms with Crippen LogP contribution in [0.5, 0.6) is 0 Å². The number of likely N-dealkylation sites (tertiary alicyclic amines) is 1. The smallest absolute Gasteiger partial charge is 0.325 e. The highest BCUT2D eigenvalue weighted by Gasteiger charge is 2.50. The first-order chi connectivity index (χ1) is 8.61. The van der Waals surface area contributed by atoms with Crippen LogP contribution >= 0.6 is 0 Å². The predicted octanol–water partition coefficient (Wildman–Crippen LogP) is 1.44. The Kier molecular flexibility index (Phi) is 3.10. The number of hydrogen-bond acceptors (Lipinski definition) is 3. The van der Waals surface area contributed by atoms with Gasteiger partial charge in [-0.2, -0.15) is 0 Å². The molecule has 18 heavy (non-hydrogen) atoms. The maximum atomic E-state index is 11.5. The number of carboxylic acid groups (broad SMARTS) is 1. The van der Waals surface area contributed by atoms with E-state index in [1.54, 1.807) is 0 Å².